The topological polar surface area (TPSA) is 35.2 Å². The van der Waals surface area contributed by atoms with Gasteiger partial charge in [0.1, 0.15) is 5.75 Å². The predicted octanol–water partition coefficient (Wildman–Crippen LogP) is 4.67. The fourth-order valence-corrected chi connectivity index (χ4v) is 3.06. The van der Waals surface area contributed by atoms with E-state index in [4.69, 9.17) is 22.1 Å². The Kier molecular flexibility index (Phi) is 4.53. The highest BCUT2D eigenvalue weighted by Gasteiger charge is 2.13. The van der Waals surface area contributed by atoms with E-state index in [2.05, 4.69) is 34.1 Å². The van der Waals surface area contributed by atoms with Crippen molar-refractivity contribution in [2.45, 2.75) is 25.3 Å². The van der Waals surface area contributed by atoms with Crippen molar-refractivity contribution in [1.82, 2.24) is 0 Å². The average Bonchev–Trinajstić information content (AvgIpc) is 2.95. The Bertz CT molecular complexity index is 659. The molecule has 1 aliphatic heterocycles. The molecule has 2 aromatic rings. The lowest BCUT2D eigenvalue weighted by Gasteiger charge is -2.13. The highest BCUT2D eigenvalue weighted by Crippen LogP contribution is 2.29. The van der Waals surface area contributed by atoms with Crippen molar-refractivity contribution in [3.63, 3.8) is 0 Å². The molecule has 1 heterocycles. The number of aryl methyl sites for hydroxylation is 1. The second kappa shape index (κ2) is 6.39. The van der Waals surface area contributed by atoms with Gasteiger partial charge in [-0.15, -0.1) is 0 Å². The van der Waals surface area contributed by atoms with Gasteiger partial charge in [-0.1, -0.05) is 29.8 Å². The van der Waals surface area contributed by atoms with Crippen LogP contribution in [0.3, 0.4) is 0 Å². The monoisotopic (exact) mass is 365 g/mol. The molecule has 1 aliphatic rings. The molecule has 0 spiro atoms. The fourth-order valence-electron chi connectivity index (χ4n) is 2.63. The third kappa shape index (κ3) is 3.42. The van der Waals surface area contributed by atoms with Crippen molar-refractivity contribution in [2.24, 2.45) is 5.73 Å². The van der Waals surface area contributed by atoms with Gasteiger partial charge < -0.3 is 10.5 Å². The predicted molar refractivity (Wildman–Crippen MR) is 90.0 cm³/mol. The van der Waals surface area contributed by atoms with Crippen molar-refractivity contribution in [3.8, 4) is 5.75 Å². The number of benzene rings is 2. The minimum absolute atomic E-state index is 0.0000968. The summed E-state index contributed by atoms with van der Waals surface area (Å²) in [6.45, 7) is 0.801. The Morgan fingerprint density at radius 2 is 2.10 bits per heavy atom. The van der Waals surface area contributed by atoms with Crippen LogP contribution in [0.5, 0.6) is 5.75 Å². The van der Waals surface area contributed by atoms with Crippen LogP contribution in [0.1, 0.15) is 29.2 Å². The smallest absolute Gasteiger partial charge is 0.122 e. The van der Waals surface area contributed by atoms with Gasteiger partial charge in [-0.05, 0) is 63.7 Å². The molecule has 0 radical (unpaired) electrons. The van der Waals surface area contributed by atoms with E-state index in [9.17, 15) is 0 Å². The van der Waals surface area contributed by atoms with Crippen LogP contribution in [0.4, 0.5) is 0 Å². The Morgan fingerprint density at radius 3 is 2.90 bits per heavy atom. The van der Waals surface area contributed by atoms with Gasteiger partial charge in [-0.3, -0.25) is 0 Å². The molecule has 2 aromatic carbocycles. The molecule has 21 heavy (non-hydrogen) atoms. The van der Waals surface area contributed by atoms with Crippen LogP contribution in [0.25, 0.3) is 0 Å². The number of hydrogen-bond donors (Lipinski definition) is 1. The molecule has 1 unspecified atom stereocenters. The maximum Gasteiger partial charge on any atom is 0.122 e. The van der Waals surface area contributed by atoms with Crippen LogP contribution in [0.15, 0.2) is 40.9 Å². The van der Waals surface area contributed by atoms with E-state index in [0.717, 1.165) is 41.7 Å². The summed E-state index contributed by atoms with van der Waals surface area (Å²) in [4.78, 5) is 0. The van der Waals surface area contributed by atoms with E-state index in [-0.39, 0.29) is 6.04 Å². The molecule has 0 amide bonds. The molecule has 0 saturated carbocycles. The number of hydrogen-bond acceptors (Lipinski definition) is 2. The minimum Gasteiger partial charge on any atom is -0.493 e. The van der Waals surface area contributed by atoms with E-state index in [1.807, 2.05) is 18.2 Å². The highest BCUT2D eigenvalue weighted by atomic mass is 79.9. The maximum absolute atomic E-state index is 6.28. The molecule has 110 valence electrons. The second-order valence-electron chi connectivity index (χ2n) is 5.36. The maximum atomic E-state index is 6.28. The number of halogens is 2. The Hall–Kier alpha value is -1.03. The van der Waals surface area contributed by atoms with Gasteiger partial charge in [-0.2, -0.15) is 0 Å². The highest BCUT2D eigenvalue weighted by molar-refractivity contribution is 9.10. The number of fused-ring (bicyclic) bond motifs is 1. The summed E-state index contributed by atoms with van der Waals surface area (Å²) in [6.07, 6.45) is 2.87. The van der Waals surface area contributed by atoms with Gasteiger partial charge in [0.25, 0.3) is 0 Å². The van der Waals surface area contributed by atoms with Crippen LogP contribution >= 0.6 is 27.5 Å². The molecule has 0 fully saturated rings. The van der Waals surface area contributed by atoms with Gasteiger partial charge in [0.15, 0.2) is 0 Å². The molecule has 1 atom stereocenters. The molecule has 0 saturated heterocycles. The summed E-state index contributed by atoms with van der Waals surface area (Å²) in [6, 6.07) is 12.4. The first kappa shape index (κ1) is 14.9. The minimum atomic E-state index is 0.0000968. The van der Waals surface area contributed by atoms with Gasteiger partial charge in [0.05, 0.1) is 11.6 Å². The van der Waals surface area contributed by atoms with E-state index >= 15 is 0 Å². The normalized spacial score (nSPS) is 14.6. The zero-order valence-corrected chi connectivity index (χ0v) is 14.0. The molecule has 3 rings (SSSR count). The zero-order chi connectivity index (χ0) is 14.8. The van der Waals surface area contributed by atoms with E-state index in [0.29, 0.717) is 5.02 Å². The van der Waals surface area contributed by atoms with E-state index in [1.54, 1.807) is 0 Å². The van der Waals surface area contributed by atoms with Gasteiger partial charge >= 0.3 is 0 Å². The molecule has 4 heteroatoms. The summed E-state index contributed by atoms with van der Waals surface area (Å²) in [5.41, 5.74) is 9.98. The van der Waals surface area contributed by atoms with Gasteiger partial charge in [0, 0.05) is 16.9 Å². The first-order valence-corrected chi connectivity index (χ1v) is 8.26. The lowest BCUT2D eigenvalue weighted by atomic mass is 9.98. The number of nitrogens with two attached hydrogens (primary N) is 1. The summed E-state index contributed by atoms with van der Waals surface area (Å²) in [5, 5.41) is 0.706. The number of ether oxygens (including phenoxy) is 1. The lowest BCUT2D eigenvalue weighted by Crippen LogP contribution is -2.11. The molecular formula is C17H17BrClNO. The Labute approximate surface area is 138 Å². The second-order valence-corrected chi connectivity index (χ2v) is 6.62. The molecule has 2 nitrogen and oxygen atoms in total. The molecule has 2 N–H and O–H groups in total. The Morgan fingerprint density at radius 1 is 1.24 bits per heavy atom. The van der Waals surface area contributed by atoms with Crippen LogP contribution in [0.2, 0.25) is 5.02 Å². The third-order valence-electron chi connectivity index (χ3n) is 3.87. The van der Waals surface area contributed by atoms with Crippen LogP contribution in [-0.2, 0) is 12.8 Å². The summed E-state index contributed by atoms with van der Waals surface area (Å²) < 4.78 is 6.43. The van der Waals surface area contributed by atoms with Crippen molar-refractivity contribution in [2.75, 3.05) is 6.61 Å². The first-order valence-electron chi connectivity index (χ1n) is 7.08. The zero-order valence-electron chi connectivity index (χ0n) is 11.6. The lowest BCUT2D eigenvalue weighted by molar-refractivity contribution is 0.357. The molecule has 0 aromatic heterocycles. The van der Waals surface area contributed by atoms with Crippen LogP contribution < -0.4 is 10.5 Å². The van der Waals surface area contributed by atoms with Crippen molar-refractivity contribution >= 4 is 27.5 Å². The van der Waals surface area contributed by atoms with E-state index in [1.165, 1.54) is 11.1 Å². The number of rotatable bonds is 4. The standard InChI is InChI=1S/C17H17BrClNO/c18-14-4-3-12(10-15(14)19)16(20)5-1-11-2-6-17-13(9-11)7-8-21-17/h2-4,6,9-10,16H,1,5,7-8,20H2. The average molecular weight is 367 g/mol. The summed E-state index contributed by atoms with van der Waals surface area (Å²) in [7, 11) is 0. The quantitative estimate of drug-likeness (QED) is 0.853. The van der Waals surface area contributed by atoms with E-state index < -0.39 is 0 Å². The first-order chi connectivity index (χ1) is 10.1. The fraction of sp³-hybridized carbons (Fsp3) is 0.294. The van der Waals surface area contributed by atoms with Gasteiger partial charge in [0.2, 0.25) is 0 Å². The summed E-state index contributed by atoms with van der Waals surface area (Å²) >= 11 is 9.52. The van der Waals surface area contributed by atoms with Crippen molar-refractivity contribution in [1.29, 1.82) is 0 Å². The molecule has 0 aliphatic carbocycles. The van der Waals surface area contributed by atoms with Crippen LogP contribution in [-0.4, -0.2) is 6.61 Å². The van der Waals surface area contributed by atoms with Crippen molar-refractivity contribution < 1.29 is 4.74 Å². The van der Waals surface area contributed by atoms with Crippen LogP contribution in [0, 0.1) is 0 Å². The Balaban J connectivity index is 1.65. The van der Waals surface area contributed by atoms with Gasteiger partial charge in [-0.25, -0.2) is 0 Å². The van der Waals surface area contributed by atoms with Crippen molar-refractivity contribution in [3.05, 3.63) is 62.6 Å². The SMILES string of the molecule is NC(CCc1ccc2c(c1)CCO2)c1ccc(Br)c(Cl)c1. The largest absolute Gasteiger partial charge is 0.493 e. The third-order valence-corrected chi connectivity index (χ3v) is 5.10. The molecular weight excluding hydrogens is 350 g/mol. The molecule has 0 bridgehead atoms. The summed E-state index contributed by atoms with van der Waals surface area (Å²) in [5.74, 6) is 1.03.